The summed E-state index contributed by atoms with van der Waals surface area (Å²) in [5.74, 6) is 1.05. The normalized spacial score (nSPS) is 10.9. The minimum absolute atomic E-state index is 0.0812. The zero-order chi connectivity index (χ0) is 19.3. The maximum atomic E-state index is 12.2. The largest absolute Gasteiger partial charge is 0.486 e. The van der Waals surface area contributed by atoms with Gasteiger partial charge in [0, 0.05) is 18.3 Å². The van der Waals surface area contributed by atoms with Gasteiger partial charge in [-0.05, 0) is 18.6 Å². The van der Waals surface area contributed by atoms with Crippen molar-refractivity contribution in [3.05, 3.63) is 54.2 Å². The SMILES string of the molecule is Cc1ccc(COc2cnc3oc(-c4cc(OCCF)ncn4)nc3c2)nc1. The van der Waals surface area contributed by atoms with E-state index in [1.807, 2.05) is 19.1 Å². The highest BCUT2D eigenvalue weighted by atomic mass is 19.1. The van der Waals surface area contributed by atoms with Crippen molar-refractivity contribution in [1.29, 1.82) is 0 Å². The van der Waals surface area contributed by atoms with Gasteiger partial charge in [0.2, 0.25) is 17.5 Å². The van der Waals surface area contributed by atoms with E-state index in [-0.39, 0.29) is 18.4 Å². The molecule has 4 aromatic rings. The van der Waals surface area contributed by atoms with Gasteiger partial charge in [0.15, 0.2) is 0 Å². The van der Waals surface area contributed by atoms with Crippen LogP contribution in [0.4, 0.5) is 4.39 Å². The molecule has 0 saturated carbocycles. The highest BCUT2D eigenvalue weighted by Crippen LogP contribution is 2.25. The van der Waals surface area contributed by atoms with E-state index in [1.54, 1.807) is 18.5 Å². The lowest BCUT2D eigenvalue weighted by Gasteiger charge is -2.04. The average molecular weight is 381 g/mol. The second-order valence-electron chi connectivity index (χ2n) is 5.91. The third kappa shape index (κ3) is 4.03. The standard InChI is InChI=1S/C19H16FN5O3/c1-12-2-3-13(21-8-12)10-27-14-6-16-18(22-9-14)28-19(25-16)15-7-17(24-11-23-15)26-5-4-20/h2-3,6-9,11H,4-5,10H2,1H3. The molecule has 0 fully saturated rings. The molecule has 0 aliphatic carbocycles. The van der Waals surface area contributed by atoms with Crippen molar-refractivity contribution < 1.29 is 18.3 Å². The number of pyridine rings is 2. The van der Waals surface area contributed by atoms with E-state index in [9.17, 15) is 4.39 Å². The van der Waals surface area contributed by atoms with Gasteiger partial charge in [-0.2, -0.15) is 0 Å². The van der Waals surface area contributed by atoms with Gasteiger partial charge in [-0.25, -0.2) is 24.3 Å². The Morgan fingerprint density at radius 2 is 1.96 bits per heavy atom. The summed E-state index contributed by atoms with van der Waals surface area (Å²) in [6, 6.07) is 7.14. The molecule has 4 heterocycles. The van der Waals surface area contributed by atoms with Crippen LogP contribution in [0.15, 0.2) is 47.4 Å². The average Bonchev–Trinajstić information content (AvgIpc) is 3.15. The van der Waals surface area contributed by atoms with E-state index in [4.69, 9.17) is 13.9 Å². The zero-order valence-corrected chi connectivity index (χ0v) is 15.0. The summed E-state index contributed by atoms with van der Waals surface area (Å²) >= 11 is 0. The van der Waals surface area contributed by atoms with Crippen molar-refractivity contribution in [3.8, 4) is 23.2 Å². The lowest BCUT2D eigenvalue weighted by Crippen LogP contribution is -2.01. The summed E-state index contributed by atoms with van der Waals surface area (Å²) in [4.78, 5) is 20.9. The minimum atomic E-state index is -0.604. The van der Waals surface area contributed by atoms with Gasteiger partial charge in [-0.15, -0.1) is 0 Å². The second kappa shape index (κ2) is 7.95. The number of aromatic nitrogens is 5. The van der Waals surface area contributed by atoms with Gasteiger partial charge >= 0.3 is 0 Å². The molecule has 0 aromatic carbocycles. The van der Waals surface area contributed by atoms with Crippen molar-refractivity contribution in [2.24, 2.45) is 0 Å². The third-order valence-electron chi connectivity index (χ3n) is 3.77. The fraction of sp³-hybridized carbons (Fsp3) is 0.211. The van der Waals surface area contributed by atoms with Crippen LogP contribution in [0.3, 0.4) is 0 Å². The fourth-order valence-corrected chi connectivity index (χ4v) is 2.41. The summed E-state index contributed by atoms with van der Waals surface area (Å²) in [7, 11) is 0. The Hall–Kier alpha value is -3.62. The number of fused-ring (bicyclic) bond motifs is 1. The van der Waals surface area contributed by atoms with E-state index < -0.39 is 6.67 Å². The molecule has 0 aliphatic heterocycles. The molecule has 4 aromatic heterocycles. The van der Waals surface area contributed by atoms with Crippen LogP contribution < -0.4 is 9.47 Å². The topological polar surface area (TPSA) is 96.1 Å². The Kier molecular flexibility index (Phi) is 5.05. The molecule has 0 aliphatic rings. The van der Waals surface area contributed by atoms with Gasteiger partial charge in [-0.1, -0.05) is 6.07 Å². The highest BCUT2D eigenvalue weighted by molar-refractivity contribution is 5.73. The van der Waals surface area contributed by atoms with Crippen LogP contribution in [0, 0.1) is 6.92 Å². The summed E-state index contributed by atoms with van der Waals surface area (Å²) in [6.45, 7) is 1.61. The maximum absolute atomic E-state index is 12.2. The van der Waals surface area contributed by atoms with Gasteiger partial charge < -0.3 is 13.9 Å². The van der Waals surface area contributed by atoms with Crippen LogP contribution in [-0.2, 0) is 6.61 Å². The first-order valence-corrected chi connectivity index (χ1v) is 8.53. The Balaban J connectivity index is 1.52. The molecule has 0 atom stereocenters. The van der Waals surface area contributed by atoms with E-state index in [0.717, 1.165) is 11.3 Å². The maximum Gasteiger partial charge on any atom is 0.248 e. The Morgan fingerprint density at radius 3 is 2.79 bits per heavy atom. The molecule has 0 saturated heterocycles. The third-order valence-corrected chi connectivity index (χ3v) is 3.77. The van der Waals surface area contributed by atoms with Gasteiger partial charge in [0.1, 0.15) is 43.2 Å². The van der Waals surface area contributed by atoms with Crippen molar-refractivity contribution in [2.75, 3.05) is 13.3 Å². The van der Waals surface area contributed by atoms with Crippen LogP contribution in [-0.4, -0.2) is 38.2 Å². The highest BCUT2D eigenvalue weighted by Gasteiger charge is 2.13. The van der Waals surface area contributed by atoms with Crippen LogP contribution in [0.5, 0.6) is 11.6 Å². The molecular formula is C19H16FN5O3. The van der Waals surface area contributed by atoms with Crippen LogP contribution in [0.2, 0.25) is 0 Å². The summed E-state index contributed by atoms with van der Waals surface area (Å²) in [5.41, 5.74) is 3.18. The molecular weight excluding hydrogens is 365 g/mol. The van der Waals surface area contributed by atoms with Crippen LogP contribution in [0.25, 0.3) is 22.8 Å². The number of nitrogens with zero attached hydrogens (tertiary/aromatic N) is 5. The van der Waals surface area contributed by atoms with Crippen molar-refractivity contribution >= 4 is 11.2 Å². The first-order chi connectivity index (χ1) is 13.7. The van der Waals surface area contributed by atoms with Gasteiger partial charge in [0.05, 0.1) is 11.9 Å². The molecule has 142 valence electrons. The predicted molar refractivity (Wildman–Crippen MR) is 97.6 cm³/mol. The van der Waals surface area contributed by atoms with Gasteiger partial charge in [-0.3, -0.25) is 4.98 Å². The Bertz CT molecular complexity index is 1080. The molecule has 8 nitrogen and oxygen atoms in total. The van der Waals surface area contributed by atoms with Crippen molar-refractivity contribution in [3.63, 3.8) is 0 Å². The lowest BCUT2D eigenvalue weighted by molar-refractivity contribution is 0.264. The number of rotatable bonds is 7. The molecule has 0 amide bonds. The molecule has 0 spiro atoms. The van der Waals surface area contributed by atoms with E-state index >= 15 is 0 Å². The van der Waals surface area contributed by atoms with E-state index in [2.05, 4.69) is 24.9 Å². The summed E-state index contributed by atoms with van der Waals surface area (Å²) < 4.78 is 28.8. The van der Waals surface area contributed by atoms with Gasteiger partial charge in [0.25, 0.3) is 0 Å². The number of alkyl halides is 1. The lowest BCUT2D eigenvalue weighted by atomic mass is 10.3. The minimum Gasteiger partial charge on any atom is -0.486 e. The van der Waals surface area contributed by atoms with E-state index in [0.29, 0.717) is 29.3 Å². The molecule has 0 N–H and O–H groups in total. The number of ether oxygens (including phenoxy) is 2. The molecule has 28 heavy (non-hydrogen) atoms. The predicted octanol–water partition coefficient (Wildman–Crippen LogP) is 3.31. The molecule has 0 radical (unpaired) electrons. The van der Waals surface area contributed by atoms with Crippen molar-refractivity contribution in [1.82, 2.24) is 24.9 Å². The van der Waals surface area contributed by atoms with Crippen LogP contribution in [0.1, 0.15) is 11.3 Å². The number of halogens is 1. The molecule has 0 bridgehead atoms. The summed E-state index contributed by atoms with van der Waals surface area (Å²) in [5, 5.41) is 0. The molecule has 9 heteroatoms. The monoisotopic (exact) mass is 381 g/mol. The first-order valence-electron chi connectivity index (χ1n) is 8.53. The smallest absolute Gasteiger partial charge is 0.248 e. The summed E-state index contributed by atoms with van der Waals surface area (Å²) in [6.07, 6.45) is 4.65. The zero-order valence-electron chi connectivity index (χ0n) is 15.0. The quantitative estimate of drug-likeness (QED) is 0.481. The number of oxazole rings is 1. The fourth-order valence-electron chi connectivity index (χ4n) is 2.41. The van der Waals surface area contributed by atoms with E-state index in [1.165, 1.54) is 12.4 Å². The Morgan fingerprint density at radius 1 is 1.04 bits per heavy atom. The Labute approximate surface area is 159 Å². The first kappa shape index (κ1) is 17.8. The molecule has 4 rings (SSSR count). The van der Waals surface area contributed by atoms with Crippen LogP contribution >= 0.6 is 0 Å². The van der Waals surface area contributed by atoms with Crippen molar-refractivity contribution in [2.45, 2.75) is 13.5 Å². The number of aryl methyl sites for hydroxylation is 1. The number of hydrogen-bond acceptors (Lipinski definition) is 8. The molecule has 0 unspecified atom stereocenters. The second-order valence-corrected chi connectivity index (χ2v) is 5.91. The number of hydrogen-bond donors (Lipinski definition) is 0.